The Bertz CT molecular complexity index is 1380. The van der Waals surface area contributed by atoms with Gasteiger partial charge in [-0.2, -0.15) is 0 Å². The third kappa shape index (κ3) is 6.25. The zero-order valence-electron chi connectivity index (χ0n) is 21.8. The van der Waals surface area contributed by atoms with Gasteiger partial charge in [-0.05, 0) is 24.1 Å². The third-order valence-electron chi connectivity index (χ3n) is 6.96. The summed E-state index contributed by atoms with van der Waals surface area (Å²) in [6.45, 7) is 0.727. The Morgan fingerprint density at radius 1 is 1.05 bits per heavy atom. The van der Waals surface area contributed by atoms with E-state index in [4.69, 9.17) is 0 Å². The summed E-state index contributed by atoms with van der Waals surface area (Å²) in [5.41, 5.74) is 1.51. The van der Waals surface area contributed by atoms with Crippen LogP contribution in [0.3, 0.4) is 0 Å². The number of nitrogens with zero attached hydrogens (tertiary/aromatic N) is 6. The topological polar surface area (TPSA) is 163 Å². The van der Waals surface area contributed by atoms with Crippen LogP contribution in [0, 0.1) is 0 Å². The van der Waals surface area contributed by atoms with Crippen molar-refractivity contribution in [3.8, 4) is 5.75 Å². The highest BCUT2D eigenvalue weighted by Gasteiger charge is 2.40. The van der Waals surface area contributed by atoms with Gasteiger partial charge in [0.15, 0.2) is 0 Å². The van der Waals surface area contributed by atoms with Crippen LogP contribution in [-0.2, 0) is 33.9 Å². The van der Waals surface area contributed by atoms with E-state index in [0.29, 0.717) is 18.7 Å². The summed E-state index contributed by atoms with van der Waals surface area (Å²) < 4.78 is 1.61. The van der Waals surface area contributed by atoms with Gasteiger partial charge in [0.1, 0.15) is 29.2 Å². The van der Waals surface area contributed by atoms with Crippen molar-refractivity contribution < 1.29 is 24.3 Å². The van der Waals surface area contributed by atoms with E-state index in [1.807, 2.05) is 30.3 Å². The number of hydrogen-bond donors (Lipinski definition) is 3. The number of carbonyl (C=O) groups excluding carboxylic acids is 4. The Kier molecular flexibility index (Phi) is 7.99. The predicted molar refractivity (Wildman–Crippen MR) is 140 cm³/mol. The van der Waals surface area contributed by atoms with Crippen molar-refractivity contribution in [1.29, 1.82) is 0 Å². The quantitative estimate of drug-likeness (QED) is 0.409. The van der Waals surface area contributed by atoms with E-state index >= 15 is 0 Å². The second kappa shape index (κ2) is 11.9. The minimum absolute atomic E-state index is 0.0718. The molecule has 0 saturated carbocycles. The van der Waals surface area contributed by atoms with Gasteiger partial charge in [0.05, 0.1) is 25.5 Å². The number of pyridine rings is 1. The van der Waals surface area contributed by atoms with Crippen LogP contribution < -0.4 is 10.6 Å². The molecule has 1 saturated heterocycles. The molecule has 3 N–H and O–H groups in total. The minimum Gasteiger partial charge on any atom is -0.506 e. The van der Waals surface area contributed by atoms with E-state index in [-0.39, 0.29) is 56.4 Å². The molecule has 1 fully saturated rings. The molecule has 2 aromatic heterocycles. The number of aromatic hydroxyl groups is 1. The molecule has 2 aliphatic rings. The Morgan fingerprint density at radius 2 is 1.88 bits per heavy atom. The number of amides is 4. The first-order valence-corrected chi connectivity index (χ1v) is 13.1. The van der Waals surface area contributed by atoms with E-state index in [1.165, 1.54) is 28.1 Å². The number of piperazine rings is 1. The van der Waals surface area contributed by atoms with Crippen LogP contribution in [0.25, 0.3) is 0 Å². The lowest BCUT2D eigenvalue weighted by atomic mass is 10.0. The summed E-state index contributed by atoms with van der Waals surface area (Å²) in [7, 11) is 0. The smallest absolute Gasteiger partial charge is 0.272 e. The third-order valence-corrected chi connectivity index (χ3v) is 6.96. The average Bonchev–Trinajstić information content (AvgIpc) is 3.42. The van der Waals surface area contributed by atoms with Gasteiger partial charge < -0.3 is 25.5 Å². The van der Waals surface area contributed by atoms with Crippen molar-refractivity contribution >= 4 is 23.6 Å². The first kappa shape index (κ1) is 26.8. The summed E-state index contributed by atoms with van der Waals surface area (Å²) in [4.78, 5) is 60.4. The molecule has 2 aliphatic heterocycles. The van der Waals surface area contributed by atoms with Crippen LogP contribution in [0.5, 0.6) is 5.75 Å². The molecule has 208 valence electrons. The number of nitrogens with one attached hydrogen (secondary N) is 2. The number of hydrogen-bond acceptors (Lipinski definition) is 8. The molecule has 13 heteroatoms. The van der Waals surface area contributed by atoms with Crippen molar-refractivity contribution in [2.45, 2.75) is 44.4 Å². The molecular weight excluding hydrogens is 516 g/mol. The first-order valence-electron chi connectivity index (χ1n) is 13.1. The van der Waals surface area contributed by atoms with Crippen LogP contribution in [0.4, 0.5) is 0 Å². The summed E-state index contributed by atoms with van der Waals surface area (Å²) >= 11 is 0. The van der Waals surface area contributed by atoms with Crippen molar-refractivity contribution in [1.82, 2.24) is 40.4 Å². The fourth-order valence-electron chi connectivity index (χ4n) is 4.87. The van der Waals surface area contributed by atoms with Gasteiger partial charge in [0.2, 0.25) is 17.7 Å². The molecule has 3 aromatic rings. The molecule has 5 rings (SSSR count). The molecule has 4 amide bonds. The Morgan fingerprint density at radius 3 is 2.65 bits per heavy atom. The molecule has 13 nitrogen and oxygen atoms in total. The maximum absolute atomic E-state index is 14.0. The molecule has 4 heterocycles. The molecule has 0 spiro atoms. The van der Waals surface area contributed by atoms with Gasteiger partial charge in [0, 0.05) is 32.5 Å². The van der Waals surface area contributed by atoms with E-state index in [9.17, 15) is 24.3 Å². The lowest BCUT2D eigenvalue weighted by molar-refractivity contribution is -0.146. The van der Waals surface area contributed by atoms with Crippen LogP contribution in [0.2, 0.25) is 0 Å². The molecule has 2 bridgehead atoms. The Labute approximate surface area is 230 Å². The lowest BCUT2D eigenvalue weighted by Crippen LogP contribution is -2.64. The van der Waals surface area contributed by atoms with E-state index in [0.717, 1.165) is 5.56 Å². The fraction of sp³-hybridized carbons (Fsp3) is 0.370. The van der Waals surface area contributed by atoms with Crippen LogP contribution in [-0.4, -0.2) is 90.2 Å². The number of carbonyl (C=O) groups is 4. The minimum atomic E-state index is -1.02. The number of fused-ring (bicyclic) bond motifs is 3. The first-order chi connectivity index (χ1) is 19.4. The standard InChI is InChI=1S/C27H30N8O5/c36-20-8-9-21(28-15-20)26(39)33-11-12-35-23(17-33)25(38)29-14-19-16-34(32-31-19)10-4-7-24(37)30-22(27(35)40)13-18-5-2-1-3-6-18/h1-3,5-6,8-9,15-16,22-23,36H,4,7,10-14,17H2,(H,29,38)(H,30,37)/t22-,23+/m0/s1. The molecule has 0 aliphatic carbocycles. The maximum Gasteiger partial charge on any atom is 0.272 e. The molecule has 2 atom stereocenters. The van der Waals surface area contributed by atoms with Crippen molar-refractivity contribution in [3.63, 3.8) is 0 Å². The summed E-state index contributed by atoms with van der Waals surface area (Å²) in [6.07, 6.45) is 3.82. The molecule has 1 aromatic carbocycles. The zero-order chi connectivity index (χ0) is 28.1. The molecule has 0 unspecified atom stereocenters. The van der Waals surface area contributed by atoms with Crippen LogP contribution >= 0.6 is 0 Å². The van der Waals surface area contributed by atoms with Crippen LogP contribution in [0.15, 0.2) is 54.9 Å². The average molecular weight is 547 g/mol. The van der Waals surface area contributed by atoms with Gasteiger partial charge in [-0.15, -0.1) is 5.10 Å². The highest BCUT2D eigenvalue weighted by molar-refractivity contribution is 5.95. The Balaban J connectivity index is 1.43. The SMILES string of the molecule is O=C1CCCn2cc(nn2)CNC(=O)[C@H]2CN(C(=O)c3ccc(O)cn3)CCN2C(=O)[C@H](Cc2ccccc2)N1. The Hall–Kier alpha value is -4.81. The highest BCUT2D eigenvalue weighted by atomic mass is 16.3. The van der Waals surface area contributed by atoms with Gasteiger partial charge in [0.25, 0.3) is 5.91 Å². The predicted octanol–water partition coefficient (Wildman–Crippen LogP) is -0.131. The normalized spacial score (nSPS) is 20.6. The second-order valence-electron chi connectivity index (χ2n) is 9.80. The fourth-order valence-corrected chi connectivity index (χ4v) is 4.87. The number of benzene rings is 1. The van der Waals surface area contributed by atoms with Crippen LogP contribution in [0.1, 0.15) is 34.6 Å². The lowest BCUT2D eigenvalue weighted by Gasteiger charge is -2.41. The largest absolute Gasteiger partial charge is 0.506 e. The molecular formula is C27H30N8O5. The van der Waals surface area contributed by atoms with E-state index in [2.05, 4.69) is 25.9 Å². The summed E-state index contributed by atoms with van der Waals surface area (Å²) in [5.74, 6) is -1.63. The van der Waals surface area contributed by atoms with E-state index < -0.39 is 29.8 Å². The van der Waals surface area contributed by atoms with Crippen molar-refractivity contribution in [3.05, 3.63) is 71.8 Å². The van der Waals surface area contributed by atoms with Gasteiger partial charge in [-0.3, -0.25) is 23.9 Å². The monoisotopic (exact) mass is 546 g/mol. The van der Waals surface area contributed by atoms with Gasteiger partial charge >= 0.3 is 0 Å². The maximum atomic E-state index is 14.0. The van der Waals surface area contributed by atoms with Crippen molar-refractivity contribution in [2.24, 2.45) is 0 Å². The van der Waals surface area contributed by atoms with Gasteiger partial charge in [-0.25, -0.2) is 4.98 Å². The second-order valence-corrected chi connectivity index (χ2v) is 9.80. The number of aryl methyl sites for hydroxylation is 1. The highest BCUT2D eigenvalue weighted by Crippen LogP contribution is 2.18. The summed E-state index contributed by atoms with van der Waals surface area (Å²) in [5, 5.41) is 23.4. The number of rotatable bonds is 3. The van der Waals surface area contributed by atoms with Gasteiger partial charge in [-0.1, -0.05) is 35.5 Å². The summed E-state index contributed by atoms with van der Waals surface area (Å²) in [6, 6.07) is 10.2. The number of aromatic nitrogens is 4. The molecule has 40 heavy (non-hydrogen) atoms. The van der Waals surface area contributed by atoms with Crippen molar-refractivity contribution in [2.75, 3.05) is 19.6 Å². The zero-order valence-corrected chi connectivity index (χ0v) is 21.8. The molecule has 0 radical (unpaired) electrons. The van der Waals surface area contributed by atoms with E-state index in [1.54, 1.807) is 10.9 Å².